The van der Waals surface area contributed by atoms with Gasteiger partial charge in [0, 0.05) is 0 Å². The molecule has 0 aromatic carbocycles. The van der Waals surface area contributed by atoms with Crippen molar-refractivity contribution in [1.82, 2.24) is 0 Å². The highest BCUT2D eigenvalue weighted by Crippen LogP contribution is 1.53. The molecule has 0 aliphatic carbocycles. The van der Waals surface area contributed by atoms with E-state index in [1.807, 2.05) is 4.85 Å². The van der Waals surface area contributed by atoms with Crippen LogP contribution >= 0.6 is 0 Å². The fourth-order valence-electron chi connectivity index (χ4n) is 0. The molecule has 0 aromatic rings. The molecule has 0 radical (unpaired) electrons. The summed E-state index contributed by atoms with van der Waals surface area (Å²) in [7, 11) is 0. The van der Waals surface area contributed by atoms with Crippen LogP contribution in [0.15, 0.2) is 0 Å². The van der Waals surface area contributed by atoms with Crippen LogP contribution in [0.5, 0.6) is 0 Å². The Kier molecular flexibility index (Phi) is 1.03. The van der Waals surface area contributed by atoms with Crippen molar-refractivity contribution in [2.75, 3.05) is 0 Å². The van der Waals surface area contributed by atoms with Gasteiger partial charge in [0.15, 0.2) is 0 Å². The lowest BCUT2D eigenvalue weighted by molar-refractivity contribution is -0.239. The lowest BCUT2D eigenvalue weighted by atomic mass is 11.3. The molecular weight excluding hydrogens is 70.0 g/mol. The Balaban J connectivity index is 3.35. The third kappa shape index (κ3) is 2.96. The van der Waals surface area contributed by atoms with Gasteiger partial charge in [0.05, 0.1) is 6.57 Å². The molecular formula is C2NO2-. The zero-order valence-corrected chi connectivity index (χ0v) is 2.26. The molecule has 0 spiro atoms. The maximum atomic E-state index is 8.90. The summed E-state index contributed by atoms with van der Waals surface area (Å²) >= 11 is 0. The van der Waals surface area contributed by atoms with Crippen LogP contribution in [0.4, 0.5) is 4.79 Å². The third-order valence-electron chi connectivity index (χ3n) is 0.0913. The molecule has 0 saturated heterocycles. The molecule has 0 bridgehead atoms. The van der Waals surface area contributed by atoms with Gasteiger partial charge in [-0.05, 0) is 0 Å². The summed E-state index contributed by atoms with van der Waals surface area (Å²) in [4.78, 5) is 10.8. The summed E-state index contributed by atoms with van der Waals surface area (Å²) in [5.41, 5.74) is 0. The first-order chi connectivity index (χ1) is 2.27. The number of carboxylic acid groups (broad SMARTS) is 1. The SMILES string of the molecule is [C-]#[N+]C(=O)[O-]. The van der Waals surface area contributed by atoms with Gasteiger partial charge in [-0.15, -0.1) is 0 Å². The van der Waals surface area contributed by atoms with E-state index < -0.39 is 6.09 Å². The largest absolute Gasteiger partial charge is 0.590 e. The highest BCUT2D eigenvalue weighted by molar-refractivity contribution is 5.72. The maximum Gasteiger partial charge on any atom is 0.303 e. The van der Waals surface area contributed by atoms with E-state index >= 15 is 0 Å². The molecule has 0 aromatic heterocycles. The van der Waals surface area contributed by atoms with E-state index in [0.29, 0.717) is 0 Å². The van der Waals surface area contributed by atoms with Gasteiger partial charge in [0.1, 0.15) is 0 Å². The zero-order chi connectivity index (χ0) is 4.28. The normalized spacial score (nSPS) is 5.40. The molecule has 0 rings (SSSR count). The Morgan fingerprint density at radius 3 is 2.20 bits per heavy atom. The molecule has 0 aliphatic heterocycles. The molecule has 0 saturated carbocycles. The topological polar surface area (TPSA) is 44.5 Å². The van der Waals surface area contributed by atoms with Crippen molar-refractivity contribution in [3.63, 3.8) is 0 Å². The molecule has 0 unspecified atom stereocenters. The van der Waals surface area contributed by atoms with Crippen molar-refractivity contribution >= 4 is 6.09 Å². The Labute approximate surface area is 28.7 Å². The molecule has 5 heavy (non-hydrogen) atoms. The third-order valence-corrected chi connectivity index (χ3v) is 0.0913. The Bertz CT molecular complexity index is 80.1. The fourth-order valence-corrected chi connectivity index (χ4v) is 0. The summed E-state index contributed by atoms with van der Waals surface area (Å²) in [5.74, 6) is 0. The zero-order valence-electron chi connectivity index (χ0n) is 2.26. The average Bonchev–Trinajstić information content (AvgIpc) is 1.38. The molecule has 26 valence electrons. The van der Waals surface area contributed by atoms with E-state index in [1.54, 1.807) is 0 Å². The fraction of sp³-hybridized carbons (Fsp3) is 0. The number of carbonyl (C=O) groups excluding carboxylic acids is 1. The van der Waals surface area contributed by atoms with Crippen LogP contribution in [-0.2, 0) is 0 Å². The highest BCUT2D eigenvalue weighted by atomic mass is 16.4. The second kappa shape index (κ2) is 1.30. The molecule has 3 nitrogen and oxygen atoms in total. The van der Waals surface area contributed by atoms with Crippen LogP contribution in [0, 0.1) is 6.57 Å². The Hall–Kier alpha value is -1.04. The number of rotatable bonds is 0. The minimum absolute atomic E-state index is 1.70. The van der Waals surface area contributed by atoms with Crippen molar-refractivity contribution < 1.29 is 9.90 Å². The van der Waals surface area contributed by atoms with Gasteiger partial charge in [0.25, 0.3) is 0 Å². The van der Waals surface area contributed by atoms with Crippen LogP contribution in [-0.4, -0.2) is 6.09 Å². The van der Waals surface area contributed by atoms with Gasteiger partial charge >= 0.3 is 6.09 Å². The van der Waals surface area contributed by atoms with Crippen molar-refractivity contribution in [1.29, 1.82) is 0 Å². The molecule has 0 heterocycles. The molecule has 3 heteroatoms. The van der Waals surface area contributed by atoms with Gasteiger partial charge in [-0.2, -0.15) is 0 Å². The lowest BCUT2D eigenvalue weighted by Gasteiger charge is -1.74. The van der Waals surface area contributed by atoms with Gasteiger partial charge < -0.3 is 9.90 Å². The number of amides is 1. The standard InChI is InChI=1S/C2HNO2/c1-3-2(4)5/h(H,4,5)/p-1. The van der Waals surface area contributed by atoms with Crippen LogP contribution in [0.2, 0.25) is 0 Å². The summed E-state index contributed by atoms with van der Waals surface area (Å²) in [6, 6.07) is 0. The van der Waals surface area contributed by atoms with Gasteiger partial charge in [-0.3, -0.25) is 0 Å². The van der Waals surface area contributed by atoms with E-state index in [1.165, 1.54) is 0 Å². The van der Waals surface area contributed by atoms with Crippen molar-refractivity contribution in [3.05, 3.63) is 11.4 Å². The van der Waals surface area contributed by atoms with Crippen LogP contribution in [0.3, 0.4) is 0 Å². The summed E-state index contributed by atoms with van der Waals surface area (Å²) in [5, 5.41) is 8.90. The maximum absolute atomic E-state index is 8.90. The first-order valence-electron chi connectivity index (χ1n) is 0.855. The molecule has 0 N–H and O–H groups in total. The smallest absolute Gasteiger partial charge is 0.303 e. The predicted molar refractivity (Wildman–Crippen MR) is 12.0 cm³/mol. The average molecular weight is 70.0 g/mol. The van der Waals surface area contributed by atoms with E-state index in [9.17, 15) is 0 Å². The summed E-state index contributed by atoms with van der Waals surface area (Å²) in [6.07, 6.45) is -1.70. The molecule has 0 atom stereocenters. The minimum atomic E-state index is -1.70. The number of hydrogen-bond donors (Lipinski definition) is 0. The Morgan fingerprint density at radius 1 is 2.00 bits per heavy atom. The number of nitrogens with zero attached hydrogens (tertiary/aromatic N) is 1. The van der Waals surface area contributed by atoms with Crippen molar-refractivity contribution in [3.8, 4) is 0 Å². The van der Waals surface area contributed by atoms with Gasteiger partial charge in [-0.25, -0.2) is 4.85 Å². The molecule has 1 amide bonds. The van der Waals surface area contributed by atoms with Gasteiger partial charge in [-0.1, -0.05) is 0 Å². The predicted octanol–water partition coefficient (Wildman–Crippen LogP) is -0.751. The van der Waals surface area contributed by atoms with E-state index in [-0.39, 0.29) is 0 Å². The van der Waals surface area contributed by atoms with Crippen LogP contribution in [0.25, 0.3) is 4.85 Å². The Morgan fingerprint density at radius 2 is 2.20 bits per heavy atom. The quantitative estimate of drug-likeness (QED) is 0.352. The second-order valence-corrected chi connectivity index (χ2v) is 0.378. The first-order valence-corrected chi connectivity index (χ1v) is 0.855. The number of hydrogen-bond acceptors (Lipinski definition) is 2. The number of carbonyl (C=O) groups is 1. The second-order valence-electron chi connectivity index (χ2n) is 0.378. The van der Waals surface area contributed by atoms with E-state index in [2.05, 4.69) is 0 Å². The highest BCUT2D eigenvalue weighted by Gasteiger charge is 1.61. The van der Waals surface area contributed by atoms with Crippen molar-refractivity contribution in [2.24, 2.45) is 0 Å². The summed E-state index contributed by atoms with van der Waals surface area (Å²) in [6.45, 7) is 5.62. The lowest BCUT2D eigenvalue weighted by Crippen LogP contribution is -2.14. The van der Waals surface area contributed by atoms with Crippen molar-refractivity contribution in [2.45, 2.75) is 0 Å². The van der Waals surface area contributed by atoms with E-state index in [4.69, 9.17) is 16.5 Å². The minimum Gasteiger partial charge on any atom is -0.590 e. The van der Waals surface area contributed by atoms with E-state index in [0.717, 1.165) is 0 Å². The molecule has 0 aliphatic rings. The van der Waals surface area contributed by atoms with Crippen LogP contribution in [0.1, 0.15) is 0 Å². The van der Waals surface area contributed by atoms with Gasteiger partial charge in [0.2, 0.25) is 0 Å². The first kappa shape index (κ1) is 3.96. The summed E-state index contributed by atoms with van der Waals surface area (Å²) < 4.78 is 0. The molecule has 0 fully saturated rings. The monoisotopic (exact) mass is 70.0 g/mol. The van der Waals surface area contributed by atoms with Crippen LogP contribution < -0.4 is 5.11 Å².